The van der Waals surface area contributed by atoms with Gasteiger partial charge in [-0.15, -0.1) is 10.2 Å². The van der Waals surface area contributed by atoms with Crippen molar-refractivity contribution in [3.63, 3.8) is 0 Å². The number of fused-ring (bicyclic) bond motifs is 2. The molecule has 0 aliphatic heterocycles. The van der Waals surface area contributed by atoms with Crippen molar-refractivity contribution in [2.24, 2.45) is 10.2 Å². The van der Waals surface area contributed by atoms with Gasteiger partial charge in [-0.1, -0.05) is 48.7 Å². The predicted octanol–water partition coefficient (Wildman–Crippen LogP) is 6.03. The summed E-state index contributed by atoms with van der Waals surface area (Å²) in [4.78, 5) is 39.1. The van der Waals surface area contributed by atoms with Gasteiger partial charge in [-0.3, -0.25) is 19.0 Å². The molecule has 1 N–H and O–H groups in total. The van der Waals surface area contributed by atoms with Gasteiger partial charge in [0.15, 0.2) is 17.3 Å². The van der Waals surface area contributed by atoms with E-state index < -0.39 is 23.0 Å². The van der Waals surface area contributed by atoms with Gasteiger partial charge in [0, 0.05) is 17.7 Å². The fourth-order valence-corrected chi connectivity index (χ4v) is 4.48. The monoisotopic (exact) mass is 508 g/mol. The fourth-order valence-electron chi connectivity index (χ4n) is 3.99. The van der Waals surface area contributed by atoms with Crippen LogP contribution in [0.3, 0.4) is 0 Å². The van der Waals surface area contributed by atoms with Crippen molar-refractivity contribution >= 4 is 46.1 Å². The molecular formula is C25H18Cl2N4O4. The van der Waals surface area contributed by atoms with E-state index in [4.69, 9.17) is 23.2 Å². The maximum absolute atomic E-state index is 13.4. The lowest BCUT2D eigenvalue weighted by Crippen LogP contribution is -2.24. The summed E-state index contributed by atoms with van der Waals surface area (Å²) in [6, 6.07) is 9.26. The SMILES string of the molecule is CCCCn1c(O)c(/N=N/c2cccc3c2C(=O)c2c(Cl)ccc(Cl)c2C3=O)c(C)c(C#N)c1=O. The van der Waals surface area contributed by atoms with Gasteiger partial charge in [-0.25, -0.2) is 0 Å². The second-order valence-electron chi connectivity index (χ2n) is 7.93. The van der Waals surface area contributed by atoms with E-state index in [0.717, 1.165) is 11.0 Å². The maximum atomic E-state index is 13.4. The number of nitrogens with zero attached hydrogens (tertiary/aromatic N) is 4. The van der Waals surface area contributed by atoms with Crippen LogP contribution in [-0.2, 0) is 6.54 Å². The third-order valence-electron chi connectivity index (χ3n) is 5.83. The number of nitriles is 1. The first-order valence-corrected chi connectivity index (χ1v) is 11.5. The molecular weight excluding hydrogens is 491 g/mol. The largest absolute Gasteiger partial charge is 0.493 e. The first kappa shape index (κ1) is 24.3. The fraction of sp³-hybridized carbons (Fsp3) is 0.200. The number of ketones is 2. The van der Waals surface area contributed by atoms with Crippen LogP contribution >= 0.6 is 23.2 Å². The summed E-state index contributed by atoms with van der Waals surface area (Å²) >= 11 is 12.4. The van der Waals surface area contributed by atoms with E-state index in [1.165, 1.54) is 37.3 Å². The van der Waals surface area contributed by atoms with Gasteiger partial charge in [-0.2, -0.15) is 5.26 Å². The van der Waals surface area contributed by atoms with E-state index in [1.54, 1.807) is 0 Å². The lowest BCUT2D eigenvalue weighted by molar-refractivity contribution is 0.0979. The summed E-state index contributed by atoms with van der Waals surface area (Å²) in [5.74, 6) is -1.45. The van der Waals surface area contributed by atoms with Crippen LogP contribution in [0, 0.1) is 18.3 Å². The Labute approximate surface area is 210 Å². The van der Waals surface area contributed by atoms with E-state index in [9.17, 15) is 24.8 Å². The van der Waals surface area contributed by atoms with Crippen molar-refractivity contribution < 1.29 is 14.7 Å². The molecule has 1 aliphatic rings. The lowest BCUT2D eigenvalue weighted by atomic mass is 9.83. The Kier molecular flexibility index (Phi) is 6.57. The van der Waals surface area contributed by atoms with Crippen molar-refractivity contribution in [1.82, 2.24) is 4.57 Å². The number of rotatable bonds is 5. The Morgan fingerprint density at radius 1 is 1.00 bits per heavy atom. The van der Waals surface area contributed by atoms with E-state index in [0.29, 0.717) is 6.42 Å². The van der Waals surface area contributed by atoms with E-state index in [2.05, 4.69) is 10.2 Å². The van der Waals surface area contributed by atoms with Crippen LogP contribution in [0.25, 0.3) is 0 Å². The van der Waals surface area contributed by atoms with E-state index in [-0.39, 0.29) is 61.3 Å². The molecule has 0 amide bonds. The van der Waals surface area contributed by atoms with Crippen molar-refractivity contribution in [1.29, 1.82) is 5.26 Å². The molecule has 0 bridgehead atoms. The highest BCUT2D eigenvalue weighted by molar-refractivity contribution is 6.43. The van der Waals surface area contributed by atoms with Crippen LogP contribution < -0.4 is 5.56 Å². The molecule has 0 atom stereocenters. The smallest absolute Gasteiger partial charge is 0.271 e. The summed E-state index contributed by atoms with van der Waals surface area (Å²) in [6.07, 6.45) is 1.36. The number of aromatic nitrogens is 1. The minimum atomic E-state index is -0.615. The van der Waals surface area contributed by atoms with Gasteiger partial charge in [0.2, 0.25) is 5.88 Å². The molecule has 176 valence electrons. The van der Waals surface area contributed by atoms with Crippen LogP contribution in [0.1, 0.15) is 62.7 Å². The molecule has 0 spiro atoms. The Morgan fingerprint density at radius 3 is 2.29 bits per heavy atom. The first-order valence-electron chi connectivity index (χ1n) is 10.7. The highest BCUT2D eigenvalue weighted by Gasteiger charge is 2.35. The van der Waals surface area contributed by atoms with Gasteiger partial charge in [0.25, 0.3) is 5.56 Å². The van der Waals surface area contributed by atoms with Gasteiger partial charge < -0.3 is 5.11 Å². The average Bonchev–Trinajstić information content (AvgIpc) is 2.84. The van der Waals surface area contributed by atoms with Gasteiger partial charge in [-0.05, 0) is 31.5 Å². The minimum Gasteiger partial charge on any atom is -0.493 e. The van der Waals surface area contributed by atoms with Crippen molar-refractivity contribution in [2.45, 2.75) is 33.2 Å². The third kappa shape index (κ3) is 3.93. The zero-order valence-corrected chi connectivity index (χ0v) is 20.2. The van der Waals surface area contributed by atoms with Crippen LogP contribution in [0.15, 0.2) is 45.4 Å². The van der Waals surface area contributed by atoms with Crippen molar-refractivity contribution in [3.8, 4) is 11.9 Å². The van der Waals surface area contributed by atoms with Gasteiger partial charge in [0.1, 0.15) is 11.6 Å². The topological polar surface area (TPSA) is 125 Å². The highest BCUT2D eigenvalue weighted by Crippen LogP contribution is 2.40. The molecule has 2 aromatic carbocycles. The lowest BCUT2D eigenvalue weighted by Gasteiger charge is -2.20. The van der Waals surface area contributed by atoms with E-state index >= 15 is 0 Å². The zero-order valence-electron chi connectivity index (χ0n) is 18.7. The number of carbonyl (C=O) groups is 2. The van der Waals surface area contributed by atoms with Crippen LogP contribution in [-0.4, -0.2) is 21.2 Å². The molecule has 0 fully saturated rings. The summed E-state index contributed by atoms with van der Waals surface area (Å²) in [5.41, 5.74) is -0.542. The van der Waals surface area contributed by atoms with Crippen molar-refractivity contribution in [3.05, 3.63) is 84.1 Å². The number of unbranched alkanes of at least 4 members (excludes halogenated alkanes) is 1. The zero-order chi connectivity index (χ0) is 25.4. The Balaban J connectivity index is 1.89. The Bertz CT molecular complexity index is 1550. The number of carbonyl (C=O) groups excluding carboxylic acids is 2. The number of aromatic hydroxyl groups is 1. The normalized spacial score (nSPS) is 12.5. The number of benzene rings is 2. The van der Waals surface area contributed by atoms with Gasteiger partial charge in [0.05, 0.1) is 32.4 Å². The molecule has 10 heteroatoms. The Morgan fingerprint density at radius 2 is 1.66 bits per heavy atom. The summed E-state index contributed by atoms with van der Waals surface area (Å²) in [6.45, 7) is 3.60. The van der Waals surface area contributed by atoms with Crippen LogP contribution in [0.5, 0.6) is 5.88 Å². The molecule has 8 nitrogen and oxygen atoms in total. The maximum Gasteiger partial charge on any atom is 0.271 e. The number of pyridine rings is 1. The highest BCUT2D eigenvalue weighted by atomic mass is 35.5. The molecule has 0 saturated heterocycles. The van der Waals surface area contributed by atoms with Crippen molar-refractivity contribution in [2.75, 3.05) is 0 Å². The average molecular weight is 509 g/mol. The number of azo groups is 1. The van der Waals surface area contributed by atoms with Gasteiger partial charge >= 0.3 is 0 Å². The molecule has 3 aromatic rings. The molecule has 0 radical (unpaired) electrons. The van der Waals surface area contributed by atoms with E-state index in [1.807, 2.05) is 13.0 Å². The second-order valence-corrected chi connectivity index (χ2v) is 8.75. The van der Waals surface area contributed by atoms with Crippen LogP contribution in [0.4, 0.5) is 11.4 Å². The number of hydrogen-bond acceptors (Lipinski definition) is 7. The molecule has 35 heavy (non-hydrogen) atoms. The summed E-state index contributed by atoms with van der Waals surface area (Å²) < 4.78 is 1.08. The summed E-state index contributed by atoms with van der Waals surface area (Å²) in [5, 5.41) is 28.7. The number of halogens is 2. The number of hydrogen-bond donors (Lipinski definition) is 1. The molecule has 0 saturated carbocycles. The summed E-state index contributed by atoms with van der Waals surface area (Å²) in [7, 11) is 0. The van der Waals surface area contributed by atoms with Crippen LogP contribution in [0.2, 0.25) is 10.0 Å². The first-order chi connectivity index (χ1) is 16.7. The third-order valence-corrected chi connectivity index (χ3v) is 6.46. The standard InChI is InChI=1S/C25H18Cl2N4O4/c1-3-4-10-31-24(34)14(11-28)12(2)21(25(31)35)30-29-17-7-5-6-13-18(17)23(33)20-16(27)9-8-15(26)19(20)22(13)32/h5-9,35H,3-4,10H2,1-2H3/b30-29+. The Hall–Kier alpha value is -3.80. The molecule has 4 rings (SSSR count). The molecule has 1 aromatic heterocycles. The molecule has 1 heterocycles. The second kappa shape index (κ2) is 9.45. The predicted molar refractivity (Wildman–Crippen MR) is 131 cm³/mol. The minimum absolute atomic E-state index is 0.00475. The molecule has 1 aliphatic carbocycles. The molecule has 0 unspecified atom stereocenters. The quantitative estimate of drug-likeness (QED) is 0.329.